The van der Waals surface area contributed by atoms with Crippen molar-refractivity contribution in [2.24, 2.45) is 0 Å². The zero-order valence-corrected chi connectivity index (χ0v) is 8.67. The SMILES string of the molecule is CCC(O)(NC)c1sccc1Cl. The van der Waals surface area contributed by atoms with Crippen molar-refractivity contribution in [2.75, 3.05) is 7.05 Å². The Labute approximate surface area is 81.2 Å². The number of halogens is 1. The van der Waals surface area contributed by atoms with Crippen LogP contribution in [-0.4, -0.2) is 12.2 Å². The van der Waals surface area contributed by atoms with Crippen LogP contribution in [0.1, 0.15) is 18.2 Å². The van der Waals surface area contributed by atoms with E-state index < -0.39 is 5.72 Å². The van der Waals surface area contributed by atoms with E-state index in [2.05, 4.69) is 5.32 Å². The molecule has 0 aliphatic carbocycles. The van der Waals surface area contributed by atoms with Crippen LogP contribution in [0, 0.1) is 0 Å². The molecule has 0 spiro atoms. The molecule has 0 aromatic carbocycles. The topological polar surface area (TPSA) is 32.3 Å². The van der Waals surface area contributed by atoms with Gasteiger partial charge in [-0.15, -0.1) is 11.3 Å². The summed E-state index contributed by atoms with van der Waals surface area (Å²) < 4.78 is 0. The summed E-state index contributed by atoms with van der Waals surface area (Å²) in [6.45, 7) is 1.91. The Hall–Kier alpha value is -0.0900. The van der Waals surface area contributed by atoms with Gasteiger partial charge in [-0.2, -0.15) is 0 Å². The van der Waals surface area contributed by atoms with Crippen LogP contribution in [0.15, 0.2) is 11.4 Å². The molecule has 0 amide bonds. The molecule has 2 N–H and O–H groups in total. The second-order valence-corrected chi connectivity index (χ2v) is 3.88. The van der Waals surface area contributed by atoms with Gasteiger partial charge in [0.05, 0.1) is 9.90 Å². The quantitative estimate of drug-likeness (QED) is 0.742. The Balaban J connectivity index is 3.02. The van der Waals surface area contributed by atoms with E-state index in [4.69, 9.17) is 11.6 Å². The molecule has 12 heavy (non-hydrogen) atoms. The van der Waals surface area contributed by atoms with Crippen molar-refractivity contribution in [3.8, 4) is 0 Å². The average molecular weight is 206 g/mol. The Morgan fingerprint density at radius 3 is 2.75 bits per heavy atom. The first-order chi connectivity index (χ1) is 5.64. The largest absolute Gasteiger partial charge is 0.371 e. The highest BCUT2D eigenvalue weighted by molar-refractivity contribution is 7.10. The molecule has 1 aromatic rings. The van der Waals surface area contributed by atoms with Crippen molar-refractivity contribution in [1.29, 1.82) is 0 Å². The van der Waals surface area contributed by atoms with Gasteiger partial charge in [0.2, 0.25) is 0 Å². The van der Waals surface area contributed by atoms with Crippen molar-refractivity contribution in [3.05, 3.63) is 21.3 Å². The third-order valence-electron chi connectivity index (χ3n) is 1.92. The van der Waals surface area contributed by atoms with Gasteiger partial charge in [0.1, 0.15) is 0 Å². The molecule has 0 aliphatic rings. The van der Waals surface area contributed by atoms with E-state index in [1.807, 2.05) is 12.3 Å². The number of rotatable bonds is 3. The number of hydrogen-bond donors (Lipinski definition) is 2. The summed E-state index contributed by atoms with van der Waals surface area (Å²) in [6.07, 6.45) is 0.601. The lowest BCUT2D eigenvalue weighted by molar-refractivity contribution is 0.00788. The summed E-state index contributed by atoms with van der Waals surface area (Å²) in [6, 6.07) is 1.79. The average Bonchev–Trinajstić information content (AvgIpc) is 2.51. The fraction of sp³-hybridized carbons (Fsp3) is 0.500. The standard InChI is InChI=1S/C8H12ClNOS/c1-3-8(11,10-2)7-6(9)4-5-12-7/h4-5,10-11H,3H2,1-2H3. The van der Waals surface area contributed by atoms with Gasteiger partial charge >= 0.3 is 0 Å². The first-order valence-electron chi connectivity index (χ1n) is 3.79. The summed E-state index contributed by atoms with van der Waals surface area (Å²) in [5.41, 5.74) is -0.967. The maximum Gasteiger partial charge on any atom is 0.152 e. The molecule has 1 aromatic heterocycles. The summed E-state index contributed by atoms with van der Waals surface area (Å²) >= 11 is 7.35. The molecular weight excluding hydrogens is 194 g/mol. The molecule has 0 bridgehead atoms. The van der Waals surface area contributed by atoms with Gasteiger partial charge in [0, 0.05) is 0 Å². The minimum absolute atomic E-state index is 0.601. The first-order valence-corrected chi connectivity index (χ1v) is 5.04. The Morgan fingerprint density at radius 2 is 2.42 bits per heavy atom. The van der Waals surface area contributed by atoms with Gasteiger partial charge in [-0.05, 0) is 24.9 Å². The number of aliphatic hydroxyl groups is 1. The van der Waals surface area contributed by atoms with Crippen LogP contribution in [0.4, 0.5) is 0 Å². The van der Waals surface area contributed by atoms with Crippen LogP contribution >= 0.6 is 22.9 Å². The van der Waals surface area contributed by atoms with Gasteiger partial charge in [-0.3, -0.25) is 5.32 Å². The fourth-order valence-electron chi connectivity index (χ4n) is 1.04. The summed E-state index contributed by atoms with van der Waals surface area (Å²) in [5.74, 6) is 0. The normalized spacial score (nSPS) is 16.0. The molecule has 1 atom stereocenters. The molecular formula is C8H12ClNOS. The minimum atomic E-state index is -0.967. The predicted octanol–water partition coefficient (Wildman–Crippen LogP) is 2.18. The third-order valence-corrected chi connectivity index (χ3v) is 3.41. The molecule has 0 saturated heterocycles. The maximum absolute atomic E-state index is 9.98. The second kappa shape index (κ2) is 3.75. The second-order valence-electron chi connectivity index (χ2n) is 2.56. The maximum atomic E-state index is 9.98. The highest BCUT2D eigenvalue weighted by Gasteiger charge is 2.28. The molecule has 1 heterocycles. The molecule has 0 aliphatic heterocycles. The predicted molar refractivity (Wildman–Crippen MR) is 52.6 cm³/mol. The van der Waals surface area contributed by atoms with Crippen LogP contribution < -0.4 is 5.32 Å². The van der Waals surface area contributed by atoms with Crippen molar-refractivity contribution in [2.45, 2.75) is 19.1 Å². The van der Waals surface area contributed by atoms with Gasteiger partial charge in [0.25, 0.3) is 0 Å². The van der Waals surface area contributed by atoms with E-state index in [1.54, 1.807) is 13.1 Å². The van der Waals surface area contributed by atoms with Gasteiger partial charge in [-0.1, -0.05) is 18.5 Å². The van der Waals surface area contributed by atoms with Gasteiger partial charge in [0.15, 0.2) is 5.72 Å². The number of hydrogen-bond acceptors (Lipinski definition) is 3. The zero-order chi connectivity index (χ0) is 9.19. The smallest absolute Gasteiger partial charge is 0.152 e. The van der Waals surface area contributed by atoms with Crippen LogP contribution in [0.25, 0.3) is 0 Å². The Kier molecular flexibility index (Phi) is 3.12. The highest BCUT2D eigenvalue weighted by Crippen LogP contribution is 2.32. The van der Waals surface area contributed by atoms with Crippen molar-refractivity contribution >= 4 is 22.9 Å². The molecule has 4 heteroatoms. The van der Waals surface area contributed by atoms with E-state index in [9.17, 15) is 5.11 Å². The fourth-order valence-corrected chi connectivity index (χ4v) is 2.43. The van der Waals surface area contributed by atoms with Crippen LogP contribution in [-0.2, 0) is 5.72 Å². The van der Waals surface area contributed by atoms with Gasteiger partial charge < -0.3 is 5.11 Å². The van der Waals surface area contributed by atoms with E-state index >= 15 is 0 Å². The van der Waals surface area contributed by atoms with Crippen LogP contribution in [0.2, 0.25) is 5.02 Å². The van der Waals surface area contributed by atoms with Crippen molar-refractivity contribution < 1.29 is 5.11 Å². The molecule has 2 nitrogen and oxygen atoms in total. The lowest BCUT2D eigenvalue weighted by Crippen LogP contribution is -2.38. The molecule has 0 fully saturated rings. The lowest BCUT2D eigenvalue weighted by Gasteiger charge is -2.25. The molecule has 1 unspecified atom stereocenters. The molecule has 1 rings (SSSR count). The zero-order valence-electron chi connectivity index (χ0n) is 7.10. The molecule has 68 valence electrons. The number of thiophene rings is 1. The molecule has 0 saturated carbocycles. The van der Waals surface area contributed by atoms with Gasteiger partial charge in [-0.25, -0.2) is 0 Å². The lowest BCUT2D eigenvalue weighted by atomic mass is 10.1. The summed E-state index contributed by atoms with van der Waals surface area (Å²) in [7, 11) is 1.72. The Bertz CT molecular complexity index is 257. The summed E-state index contributed by atoms with van der Waals surface area (Å²) in [4.78, 5) is 0.786. The van der Waals surface area contributed by atoms with E-state index in [0.717, 1.165) is 4.88 Å². The number of nitrogens with one attached hydrogen (secondary N) is 1. The third kappa shape index (κ3) is 1.64. The van der Waals surface area contributed by atoms with Crippen LogP contribution in [0.5, 0.6) is 0 Å². The van der Waals surface area contributed by atoms with Crippen molar-refractivity contribution in [3.63, 3.8) is 0 Å². The van der Waals surface area contributed by atoms with E-state index in [-0.39, 0.29) is 0 Å². The monoisotopic (exact) mass is 205 g/mol. The van der Waals surface area contributed by atoms with Crippen LogP contribution in [0.3, 0.4) is 0 Å². The van der Waals surface area contributed by atoms with Crippen molar-refractivity contribution in [1.82, 2.24) is 5.32 Å². The van der Waals surface area contributed by atoms with E-state index in [0.29, 0.717) is 11.4 Å². The first kappa shape index (κ1) is 9.99. The Morgan fingerprint density at radius 1 is 1.75 bits per heavy atom. The highest BCUT2D eigenvalue weighted by atomic mass is 35.5. The minimum Gasteiger partial charge on any atom is -0.371 e. The summed E-state index contributed by atoms with van der Waals surface area (Å²) in [5, 5.41) is 15.3. The molecule has 0 radical (unpaired) electrons. The van der Waals surface area contributed by atoms with E-state index in [1.165, 1.54) is 11.3 Å².